The van der Waals surface area contributed by atoms with Crippen molar-refractivity contribution in [3.05, 3.63) is 40.2 Å². The van der Waals surface area contributed by atoms with Crippen LogP contribution in [0.4, 0.5) is 17.3 Å². The van der Waals surface area contributed by atoms with Gasteiger partial charge in [-0.3, -0.25) is 0 Å². The number of nitrogens with one attached hydrogen (secondary N) is 1. The number of rotatable bonds is 2. The Morgan fingerprint density at radius 3 is 2.74 bits per heavy atom. The van der Waals surface area contributed by atoms with Gasteiger partial charge in [0.15, 0.2) is 0 Å². The molecule has 5 nitrogen and oxygen atoms in total. The molecule has 6 heteroatoms. The van der Waals surface area contributed by atoms with Gasteiger partial charge in [-0.15, -0.1) is 0 Å². The highest BCUT2D eigenvalue weighted by atomic mass is 35.5. The maximum atomic E-state index is 9.08. The van der Waals surface area contributed by atoms with Crippen molar-refractivity contribution in [2.75, 3.05) is 11.1 Å². The summed E-state index contributed by atoms with van der Waals surface area (Å²) in [7, 11) is 0. The molecular formula is C13H12ClN5. The number of nitrogens with two attached hydrogens (primary N) is 1. The lowest BCUT2D eigenvalue weighted by Crippen LogP contribution is -2.05. The average Bonchev–Trinajstić information content (AvgIpc) is 2.35. The van der Waals surface area contributed by atoms with E-state index in [4.69, 9.17) is 22.6 Å². The van der Waals surface area contributed by atoms with Crippen molar-refractivity contribution >= 4 is 28.9 Å². The molecule has 0 amide bonds. The molecule has 0 saturated carbocycles. The standard InChI is InChI=1S/C13H12ClN5/c1-7-12(16)17-8(2)18-13(7)19-11-5-10(14)4-3-9(11)6-15/h3-5H,1-2H3,(H3,16,17,18,19). The molecule has 1 heterocycles. The van der Waals surface area contributed by atoms with Gasteiger partial charge in [-0.05, 0) is 32.0 Å². The van der Waals surface area contributed by atoms with E-state index in [0.29, 0.717) is 33.7 Å². The van der Waals surface area contributed by atoms with Crippen LogP contribution in [0.15, 0.2) is 18.2 Å². The molecule has 2 rings (SSSR count). The van der Waals surface area contributed by atoms with Gasteiger partial charge in [0.1, 0.15) is 23.5 Å². The first-order valence-electron chi connectivity index (χ1n) is 5.58. The van der Waals surface area contributed by atoms with E-state index in [9.17, 15) is 0 Å². The van der Waals surface area contributed by atoms with Crippen LogP contribution in [-0.4, -0.2) is 9.97 Å². The highest BCUT2D eigenvalue weighted by molar-refractivity contribution is 6.30. The number of nitriles is 1. The van der Waals surface area contributed by atoms with Crippen LogP contribution in [0.5, 0.6) is 0 Å². The molecule has 0 spiro atoms. The molecule has 2 aromatic rings. The molecule has 0 unspecified atom stereocenters. The number of aryl methyl sites for hydroxylation is 1. The minimum absolute atomic E-state index is 0.413. The number of aromatic nitrogens is 2. The molecule has 3 N–H and O–H groups in total. The van der Waals surface area contributed by atoms with Crippen LogP contribution in [-0.2, 0) is 0 Å². The van der Waals surface area contributed by atoms with Gasteiger partial charge in [-0.25, -0.2) is 9.97 Å². The quantitative estimate of drug-likeness (QED) is 0.878. The predicted molar refractivity (Wildman–Crippen MR) is 75.4 cm³/mol. The fourth-order valence-corrected chi connectivity index (χ4v) is 1.79. The fourth-order valence-electron chi connectivity index (χ4n) is 1.62. The van der Waals surface area contributed by atoms with Gasteiger partial charge in [0, 0.05) is 10.6 Å². The number of halogens is 1. The maximum Gasteiger partial charge on any atom is 0.139 e. The van der Waals surface area contributed by atoms with E-state index in [2.05, 4.69) is 21.4 Å². The summed E-state index contributed by atoms with van der Waals surface area (Å²) >= 11 is 5.94. The topological polar surface area (TPSA) is 87.6 Å². The molecule has 0 aliphatic carbocycles. The summed E-state index contributed by atoms with van der Waals surface area (Å²) in [4.78, 5) is 8.35. The smallest absolute Gasteiger partial charge is 0.139 e. The largest absolute Gasteiger partial charge is 0.383 e. The van der Waals surface area contributed by atoms with E-state index in [1.807, 2.05) is 6.92 Å². The first kappa shape index (κ1) is 13.1. The number of nitrogen functional groups attached to an aromatic ring is 1. The third kappa shape index (κ3) is 2.75. The van der Waals surface area contributed by atoms with E-state index in [1.165, 1.54) is 0 Å². The zero-order valence-electron chi connectivity index (χ0n) is 10.5. The Hall–Kier alpha value is -2.32. The molecule has 96 valence electrons. The lowest BCUT2D eigenvalue weighted by atomic mass is 10.2. The average molecular weight is 274 g/mol. The zero-order valence-corrected chi connectivity index (χ0v) is 11.3. The SMILES string of the molecule is Cc1nc(N)c(C)c(Nc2cc(Cl)ccc2C#N)n1. The second-order valence-corrected chi connectivity index (χ2v) is 4.49. The van der Waals surface area contributed by atoms with Gasteiger partial charge >= 0.3 is 0 Å². The van der Waals surface area contributed by atoms with Gasteiger partial charge < -0.3 is 11.1 Å². The first-order valence-corrected chi connectivity index (χ1v) is 5.96. The van der Waals surface area contributed by atoms with Crippen LogP contribution < -0.4 is 11.1 Å². The van der Waals surface area contributed by atoms with Crippen molar-refractivity contribution in [3.8, 4) is 6.07 Å². The fraction of sp³-hybridized carbons (Fsp3) is 0.154. The number of hydrogen-bond donors (Lipinski definition) is 2. The van der Waals surface area contributed by atoms with E-state index in [1.54, 1.807) is 25.1 Å². The summed E-state index contributed by atoms with van der Waals surface area (Å²) in [6.07, 6.45) is 0. The second-order valence-electron chi connectivity index (χ2n) is 4.06. The molecule has 0 aliphatic heterocycles. The van der Waals surface area contributed by atoms with E-state index >= 15 is 0 Å². The van der Waals surface area contributed by atoms with Gasteiger partial charge in [0.25, 0.3) is 0 Å². The Bertz CT molecular complexity index is 675. The Morgan fingerprint density at radius 1 is 1.32 bits per heavy atom. The Kier molecular flexibility index (Phi) is 3.54. The summed E-state index contributed by atoms with van der Waals surface area (Å²) in [5.74, 6) is 1.55. The van der Waals surface area contributed by atoms with E-state index in [0.717, 1.165) is 5.56 Å². The molecule has 1 aromatic carbocycles. The summed E-state index contributed by atoms with van der Waals surface area (Å²) in [5, 5.41) is 12.7. The number of benzene rings is 1. The monoisotopic (exact) mass is 273 g/mol. The van der Waals surface area contributed by atoms with Crippen molar-refractivity contribution in [1.82, 2.24) is 9.97 Å². The third-order valence-electron chi connectivity index (χ3n) is 2.65. The Morgan fingerprint density at radius 2 is 2.05 bits per heavy atom. The van der Waals surface area contributed by atoms with Crippen molar-refractivity contribution in [2.45, 2.75) is 13.8 Å². The lowest BCUT2D eigenvalue weighted by Gasteiger charge is -2.12. The van der Waals surface area contributed by atoms with Crippen molar-refractivity contribution in [3.63, 3.8) is 0 Å². The van der Waals surface area contributed by atoms with Crippen LogP contribution in [0.1, 0.15) is 17.0 Å². The first-order chi connectivity index (χ1) is 9.01. The zero-order chi connectivity index (χ0) is 14.0. The van der Waals surface area contributed by atoms with Crippen molar-refractivity contribution < 1.29 is 0 Å². The van der Waals surface area contributed by atoms with Gasteiger partial charge in [-0.2, -0.15) is 5.26 Å². The summed E-state index contributed by atoms with van der Waals surface area (Å²) in [5.41, 5.74) is 7.60. The molecule has 0 fully saturated rings. The lowest BCUT2D eigenvalue weighted by molar-refractivity contribution is 1.04. The molecule has 1 aromatic heterocycles. The normalized spacial score (nSPS) is 10.0. The minimum atomic E-state index is 0.413. The van der Waals surface area contributed by atoms with Crippen LogP contribution in [0.2, 0.25) is 5.02 Å². The molecular weight excluding hydrogens is 262 g/mol. The number of nitrogens with zero attached hydrogens (tertiary/aromatic N) is 3. The van der Waals surface area contributed by atoms with Gasteiger partial charge in [0.2, 0.25) is 0 Å². The molecule has 0 saturated heterocycles. The highest BCUT2D eigenvalue weighted by Crippen LogP contribution is 2.26. The maximum absolute atomic E-state index is 9.08. The van der Waals surface area contributed by atoms with Crippen molar-refractivity contribution in [1.29, 1.82) is 5.26 Å². The number of anilines is 3. The summed E-state index contributed by atoms with van der Waals surface area (Å²) < 4.78 is 0. The van der Waals surface area contributed by atoms with Crippen LogP contribution >= 0.6 is 11.6 Å². The highest BCUT2D eigenvalue weighted by Gasteiger charge is 2.09. The molecule has 0 bridgehead atoms. The van der Waals surface area contributed by atoms with Crippen molar-refractivity contribution in [2.24, 2.45) is 0 Å². The van der Waals surface area contributed by atoms with Gasteiger partial charge in [0.05, 0.1) is 11.3 Å². The summed E-state index contributed by atoms with van der Waals surface area (Å²) in [6.45, 7) is 3.57. The third-order valence-corrected chi connectivity index (χ3v) is 2.89. The van der Waals surface area contributed by atoms with E-state index in [-0.39, 0.29) is 0 Å². The van der Waals surface area contributed by atoms with Crippen LogP contribution in [0.25, 0.3) is 0 Å². The molecule has 0 aliphatic rings. The Balaban J connectivity index is 2.47. The van der Waals surface area contributed by atoms with Gasteiger partial charge in [-0.1, -0.05) is 11.6 Å². The van der Waals surface area contributed by atoms with Crippen LogP contribution in [0.3, 0.4) is 0 Å². The van der Waals surface area contributed by atoms with Crippen LogP contribution in [0, 0.1) is 25.2 Å². The molecule has 19 heavy (non-hydrogen) atoms. The second kappa shape index (κ2) is 5.12. The summed E-state index contributed by atoms with van der Waals surface area (Å²) in [6, 6.07) is 7.08. The number of hydrogen-bond acceptors (Lipinski definition) is 5. The Labute approximate surface area is 116 Å². The van der Waals surface area contributed by atoms with E-state index < -0.39 is 0 Å². The molecule has 0 radical (unpaired) electrons. The molecule has 0 atom stereocenters. The predicted octanol–water partition coefficient (Wildman–Crippen LogP) is 2.94. The minimum Gasteiger partial charge on any atom is -0.383 e.